The molecule has 0 aliphatic carbocycles. The second-order valence-corrected chi connectivity index (χ2v) is 5.04. The highest BCUT2D eigenvalue weighted by molar-refractivity contribution is 5.79. The quantitative estimate of drug-likeness (QED) is 0.582. The molecule has 2 aromatic rings. The smallest absolute Gasteiger partial charge is 0.273 e. The number of carbonyl (C=O) groups is 1. The number of carbonyl (C=O) groups excluding carboxylic acids is 1. The summed E-state index contributed by atoms with van der Waals surface area (Å²) in [6.07, 6.45) is -0.00100. The molecule has 0 radical (unpaired) electrons. The van der Waals surface area contributed by atoms with Crippen LogP contribution in [0.25, 0.3) is 0 Å². The molecule has 0 aliphatic heterocycles. The first kappa shape index (κ1) is 16.5. The molecule has 0 unspecified atom stereocenters. The molecule has 0 aliphatic rings. The minimum atomic E-state index is -0.471. The van der Waals surface area contributed by atoms with E-state index in [1.54, 1.807) is 25.2 Å². The average molecular weight is 314 g/mol. The van der Waals surface area contributed by atoms with Crippen LogP contribution < -0.4 is 4.74 Å². The molecule has 6 nitrogen and oxygen atoms in total. The topological polar surface area (TPSA) is 72.7 Å². The van der Waals surface area contributed by atoms with E-state index in [0.29, 0.717) is 18.7 Å². The molecule has 0 bridgehead atoms. The molecule has 0 aromatic heterocycles. The number of amides is 1. The summed E-state index contributed by atoms with van der Waals surface area (Å²) in [5.74, 6) is 0.558. The maximum Gasteiger partial charge on any atom is 0.273 e. The highest BCUT2D eigenvalue weighted by Crippen LogP contribution is 2.18. The molecular formula is C17H18N2O4. The van der Waals surface area contributed by atoms with Gasteiger partial charge in [0.15, 0.2) is 0 Å². The van der Waals surface area contributed by atoms with Gasteiger partial charge < -0.3 is 9.64 Å². The number of nitrogens with zero attached hydrogens (tertiary/aromatic N) is 2. The Morgan fingerprint density at radius 2 is 1.78 bits per heavy atom. The molecule has 0 saturated heterocycles. The van der Waals surface area contributed by atoms with Gasteiger partial charge >= 0.3 is 0 Å². The Balaban J connectivity index is 1.87. The van der Waals surface area contributed by atoms with Gasteiger partial charge in [-0.15, -0.1) is 0 Å². The molecule has 0 fully saturated rings. The monoisotopic (exact) mass is 314 g/mol. The van der Waals surface area contributed by atoms with Crippen LogP contribution in [0.1, 0.15) is 5.56 Å². The van der Waals surface area contributed by atoms with Gasteiger partial charge in [0.25, 0.3) is 5.69 Å². The first-order valence-electron chi connectivity index (χ1n) is 7.22. The Labute approximate surface area is 134 Å². The maximum absolute atomic E-state index is 12.2. The SMILES string of the molecule is CN(CCOc1ccccc1)C(=O)Cc1ccccc1[N+](=O)[O-]. The van der Waals surface area contributed by atoms with Crippen molar-refractivity contribution >= 4 is 11.6 Å². The Morgan fingerprint density at radius 1 is 1.13 bits per heavy atom. The van der Waals surface area contributed by atoms with E-state index < -0.39 is 4.92 Å². The van der Waals surface area contributed by atoms with Crippen molar-refractivity contribution < 1.29 is 14.5 Å². The third kappa shape index (κ3) is 4.81. The first-order valence-corrected chi connectivity index (χ1v) is 7.22. The summed E-state index contributed by atoms with van der Waals surface area (Å²) < 4.78 is 5.54. The second kappa shape index (κ2) is 7.93. The largest absolute Gasteiger partial charge is 0.492 e. The number of nitro groups is 1. The Bertz CT molecular complexity index is 673. The van der Waals surface area contributed by atoms with Crippen LogP contribution in [-0.2, 0) is 11.2 Å². The predicted molar refractivity (Wildman–Crippen MR) is 86.4 cm³/mol. The zero-order valence-electron chi connectivity index (χ0n) is 12.8. The molecule has 2 aromatic carbocycles. The van der Waals surface area contributed by atoms with Crippen LogP contribution in [-0.4, -0.2) is 35.9 Å². The summed E-state index contributed by atoms with van der Waals surface area (Å²) in [5, 5.41) is 11.0. The van der Waals surface area contributed by atoms with Crippen LogP contribution in [0.3, 0.4) is 0 Å². The van der Waals surface area contributed by atoms with Crippen LogP contribution in [0.2, 0.25) is 0 Å². The van der Waals surface area contributed by atoms with E-state index in [0.717, 1.165) is 5.75 Å². The third-order valence-corrected chi connectivity index (χ3v) is 3.39. The second-order valence-electron chi connectivity index (χ2n) is 5.04. The fourth-order valence-corrected chi connectivity index (χ4v) is 2.08. The van der Waals surface area contributed by atoms with Crippen LogP contribution >= 0.6 is 0 Å². The van der Waals surface area contributed by atoms with Crippen molar-refractivity contribution in [3.05, 3.63) is 70.3 Å². The van der Waals surface area contributed by atoms with E-state index in [2.05, 4.69) is 0 Å². The van der Waals surface area contributed by atoms with Crippen LogP contribution in [0.4, 0.5) is 5.69 Å². The molecule has 0 spiro atoms. The molecule has 6 heteroatoms. The van der Waals surface area contributed by atoms with Crippen molar-refractivity contribution in [3.8, 4) is 5.75 Å². The van der Waals surface area contributed by atoms with Gasteiger partial charge in [-0.3, -0.25) is 14.9 Å². The molecule has 23 heavy (non-hydrogen) atoms. The zero-order valence-corrected chi connectivity index (χ0v) is 12.8. The summed E-state index contributed by atoms with van der Waals surface area (Å²) in [6.45, 7) is 0.775. The lowest BCUT2D eigenvalue weighted by molar-refractivity contribution is -0.385. The van der Waals surface area contributed by atoms with E-state index in [9.17, 15) is 14.9 Å². The number of ether oxygens (including phenoxy) is 1. The summed E-state index contributed by atoms with van der Waals surface area (Å²) >= 11 is 0. The van der Waals surface area contributed by atoms with Crippen molar-refractivity contribution in [1.82, 2.24) is 4.90 Å². The van der Waals surface area contributed by atoms with Gasteiger partial charge in [-0.25, -0.2) is 0 Å². The van der Waals surface area contributed by atoms with Crippen LogP contribution in [0.15, 0.2) is 54.6 Å². The van der Waals surface area contributed by atoms with Crippen molar-refractivity contribution in [2.45, 2.75) is 6.42 Å². The molecule has 0 saturated carbocycles. The number of hydrogen-bond donors (Lipinski definition) is 0. The van der Waals surface area contributed by atoms with Crippen molar-refractivity contribution in [1.29, 1.82) is 0 Å². The summed E-state index contributed by atoms with van der Waals surface area (Å²) in [5.41, 5.74) is 0.383. The van der Waals surface area contributed by atoms with Crippen molar-refractivity contribution in [3.63, 3.8) is 0 Å². The highest BCUT2D eigenvalue weighted by Gasteiger charge is 2.17. The average Bonchev–Trinajstić information content (AvgIpc) is 2.56. The van der Waals surface area contributed by atoms with Gasteiger partial charge in [0, 0.05) is 18.7 Å². The molecule has 0 heterocycles. The number of likely N-dealkylation sites (N-methyl/N-ethyl adjacent to an activating group) is 1. The first-order chi connectivity index (χ1) is 11.1. The van der Waals surface area contributed by atoms with E-state index in [-0.39, 0.29) is 18.0 Å². The van der Waals surface area contributed by atoms with Gasteiger partial charge in [0.1, 0.15) is 12.4 Å². The molecular weight excluding hydrogens is 296 g/mol. The van der Waals surface area contributed by atoms with Crippen molar-refractivity contribution in [2.24, 2.45) is 0 Å². The van der Waals surface area contributed by atoms with E-state index in [4.69, 9.17) is 4.74 Å². The normalized spacial score (nSPS) is 10.1. The molecule has 120 valence electrons. The predicted octanol–water partition coefficient (Wildman–Crippen LogP) is 2.67. The molecule has 0 N–H and O–H groups in total. The zero-order chi connectivity index (χ0) is 16.7. The Morgan fingerprint density at radius 3 is 2.48 bits per heavy atom. The molecule has 1 amide bonds. The number of hydrogen-bond acceptors (Lipinski definition) is 4. The fourth-order valence-electron chi connectivity index (χ4n) is 2.08. The highest BCUT2D eigenvalue weighted by atomic mass is 16.6. The minimum absolute atomic E-state index is 0.00100. The van der Waals surface area contributed by atoms with Gasteiger partial charge in [-0.05, 0) is 12.1 Å². The van der Waals surface area contributed by atoms with Gasteiger partial charge in [0.05, 0.1) is 17.9 Å². The number of benzene rings is 2. The number of rotatable bonds is 7. The lowest BCUT2D eigenvalue weighted by Gasteiger charge is -2.17. The van der Waals surface area contributed by atoms with Crippen LogP contribution in [0, 0.1) is 10.1 Å². The third-order valence-electron chi connectivity index (χ3n) is 3.39. The van der Waals surface area contributed by atoms with E-state index in [1.165, 1.54) is 11.0 Å². The van der Waals surface area contributed by atoms with E-state index in [1.807, 2.05) is 30.3 Å². The van der Waals surface area contributed by atoms with Crippen molar-refractivity contribution in [2.75, 3.05) is 20.2 Å². The lowest BCUT2D eigenvalue weighted by atomic mass is 10.1. The molecule has 2 rings (SSSR count). The Kier molecular flexibility index (Phi) is 5.68. The molecule has 0 atom stereocenters. The van der Waals surface area contributed by atoms with Crippen LogP contribution in [0.5, 0.6) is 5.75 Å². The summed E-state index contributed by atoms with van der Waals surface area (Å²) in [6, 6.07) is 15.6. The Hall–Kier alpha value is -2.89. The van der Waals surface area contributed by atoms with Gasteiger partial charge in [-0.1, -0.05) is 36.4 Å². The fraction of sp³-hybridized carbons (Fsp3) is 0.235. The van der Waals surface area contributed by atoms with E-state index >= 15 is 0 Å². The van der Waals surface area contributed by atoms with Gasteiger partial charge in [-0.2, -0.15) is 0 Å². The summed E-state index contributed by atoms with van der Waals surface area (Å²) in [4.78, 5) is 24.2. The lowest BCUT2D eigenvalue weighted by Crippen LogP contribution is -2.32. The number of nitro benzene ring substituents is 1. The standard InChI is InChI=1S/C17H18N2O4/c1-18(11-12-23-15-8-3-2-4-9-15)17(20)13-14-7-5-6-10-16(14)19(21)22/h2-10H,11-13H2,1H3. The maximum atomic E-state index is 12.2. The minimum Gasteiger partial charge on any atom is -0.492 e. The van der Waals surface area contributed by atoms with Gasteiger partial charge in [0.2, 0.25) is 5.91 Å². The number of para-hydroxylation sites is 2. The summed E-state index contributed by atoms with van der Waals surface area (Å²) in [7, 11) is 1.66.